The Morgan fingerprint density at radius 1 is 1.44 bits per heavy atom. The van der Waals surface area contributed by atoms with Gasteiger partial charge in [-0.05, 0) is 32.0 Å². The number of hydrogen-bond donors (Lipinski definition) is 2. The maximum absolute atomic E-state index is 13.3. The van der Waals surface area contributed by atoms with Crippen molar-refractivity contribution < 1.29 is 17.9 Å². The molecule has 0 aliphatic rings. The quantitative estimate of drug-likeness (QED) is 0.815. The van der Waals surface area contributed by atoms with Crippen LogP contribution in [0.2, 0.25) is 0 Å². The molecule has 0 amide bonds. The van der Waals surface area contributed by atoms with Gasteiger partial charge < -0.3 is 5.11 Å². The smallest absolute Gasteiger partial charge is 0.235 e. The van der Waals surface area contributed by atoms with Gasteiger partial charge in [0.25, 0.3) is 0 Å². The largest absolute Gasteiger partial charge is 0.384 e. The van der Waals surface area contributed by atoms with E-state index in [1.54, 1.807) is 13.8 Å². The second-order valence-electron chi connectivity index (χ2n) is 3.85. The highest BCUT2D eigenvalue weighted by molar-refractivity contribution is 7.93. The van der Waals surface area contributed by atoms with E-state index in [1.165, 1.54) is 12.1 Å². The molecule has 0 radical (unpaired) electrons. The summed E-state index contributed by atoms with van der Waals surface area (Å²) in [6.07, 6.45) is 0. The second-order valence-corrected chi connectivity index (χ2v) is 6.09. The van der Waals surface area contributed by atoms with E-state index < -0.39 is 21.1 Å². The molecular weight excluding hydrogens is 257 g/mol. The summed E-state index contributed by atoms with van der Waals surface area (Å²) in [7, 11) is -3.47. The van der Waals surface area contributed by atoms with Crippen LogP contribution in [-0.2, 0) is 10.0 Å². The molecule has 18 heavy (non-hydrogen) atoms. The lowest BCUT2D eigenvalue weighted by molar-refractivity contribution is 0.350. The lowest BCUT2D eigenvalue weighted by Gasteiger charge is -2.11. The molecule has 0 atom stereocenters. The minimum absolute atomic E-state index is 0.0352. The molecule has 0 aromatic heterocycles. The number of anilines is 1. The Morgan fingerprint density at radius 3 is 2.67 bits per heavy atom. The fourth-order valence-corrected chi connectivity index (χ4v) is 1.79. The van der Waals surface area contributed by atoms with Gasteiger partial charge in [0.15, 0.2) is 0 Å². The van der Waals surface area contributed by atoms with E-state index in [4.69, 9.17) is 5.11 Å². The molecular formula is C12H14FNO3S. The van der Waals surface area contributed by atoms with Gasteiger partial charge in [0.2, 0.25) is 10.0 Å². The highest BCUT2D eigenvalue weighted by Gasteiger charge is 2.15. The topological polar surface area (TPSA) is 66.4 Å². The molecule has 0 unspecified atom stereocenters. The molecule has 0 aliphatic carbocycles. The molecule has 6 heteroatoms. The highest BCUT2D eigenvalue weighted by Crippen LogP contribution is 2.16. The minimum Gasteiger partial charge on any atom is -0.384 e. The van der Waals surface area contributed by atoms with E-state index in [1.807, 2.05) is 0 Å². The number of aliphatic hydroxyl groups is 1. The van der Waals surface area contributed by atoms with Gasteiger partial charge in [-0.25, -0.2) is 12.8 Å². The summed E-state index contributed by atoms with van der Waals surface area (Å²) in [5.41, 5.74) is 0.278. The van der Waals surface area contributed by atoms with E-state index in [2.05, 4.69) is 16.6 Å². The average molecular weight is 271 g/mol. The van der Waals surface area contributed by atoms with Crippen LogP contribution in [0.5, 0.6) is 0 Å². The Hall–Kier alpha value is -1.58. The van der Waals surface area contributed by atoms with Crippen molar-refractivity contribution in [1.29, 1.82) is 0 Å². The molecule has 0 saturated heterocycles. The lowest BCUT2D eigenvalue weighted by Crippen LogP contribution is -2.22. The zero-order chi connectivity index (χ0) is 13.8. The van der Waals surface area contributed by atoms with Gasteiger partial charge in [0, 0.05) is 5.69 Å². The van der Waals surface area contributed by atoms with Gasteiger partial charge in [-0.2, -0.15) is 0 Å². The number of aliphatic hydroxyl groups excluding tert-OH is 1. The Bertz CT molecular complexity index is 585. The molecule has 0 heterocycles. The van der Waals surface area contributed by atoms with Crippen molar-refractivity contribution in [2.75, 3.05) is 11.3 Å². The van der Waals surface area contributed by atoms with Crippen molar-refractivity contribution in [2.45, 2.75) is 19.1 Å². The standard InChI is InChI=1S/C12H14FNO3S/c1-9(2)18(16,17)14-11-5-6-12(13)10(8-11)4-3-7-15/h5-6,8-9,14-15H,7H2,1-2H3. The Labute approximate surface area is 106 Å². The van der Waals surface area contributed by atoms with Crippen molar-refractivity contribution in [3.8, 4) is 11.8 Å². The van der Waals surface area contributed by atoms with E-state index in [0.717, 1.165) is 6.07 Å². The van der Waals surface area contributed by atoms with Crippen LogP contribution in [0.4, 0.5) is 10.1 Å². The molecule has 0 bridgehead atoms. The summed E-state index contributed by atoms with van der Waals surface area (Å²) < 4.78 is 38.9. The third-order valence-electron chi connectivity index (χ3n) is 2.15. The van der Waals surface area contributed by atoms with Crippen LogP contribution in [-0.4, -0.2) is 25.4 Å². The van der Waals surface area contributed by atoms with E-state index in [9.17, 15) is 12.8 Å². The third-order valence-corrected chi connectivity index (χ3v) is 3.91. The monoisotopic (exact) mass is 271 g/mol. The van der Waals surface area contributed by atoms with E-state index in [-0.39, 0.29) is 17.9 Å². The third kappa shape index (κ3) is 3.72. The first-order valence-electron chi connectivity index (χ1n) is 5.27. The Morgan fingerprint density at radius 2 is 2.11 bits per heavy atom. The van der Waals surface area contributed by atoms with Gasteiger partial charge in [0.05, 0.1) is 10.8 Å². The normalized spacial score (nSPS) is 10.9. The lowest BCUT2D eigenvalue weighted by atomic mass is 10.2. The maximum Gasteiger partial charge on any atom is 0.235 e. The van der Waals surface area contributed by atoms with Crippen molar-refractivity contribution in [3.63, 3.8) is 0 Å². The van der Waals surface area contributed by atoms with Gasteiger partial charge >= 0.3 is 0 Å². The van der Waals surface area contributed by atoms with Gasteiger partial charge in [-0.3, -0.25) is 4.72 Å². The maximum atomic E-state index is 13.3. The predicted molar refractivity (Wildman–Crippen MR) is 68.0 cm³/mol. The SMILES string of the molecule is CC(C)S(=O)(=O)Nc1ccc(F)c(C#CCO)c1. The summed E-state index contributed by atoms with van der Waals surface area (Å²) in [6, 6.07) is 3.73. The first kappa shape index (κ1) is 14.5. The molecule has 4 nitrogen and oxygen atoms in total. The first-order valence-corrected chi connectivity index (χ1v) is 6.82. The summed E-state index contributed by atoms with van der Waals surface area (Å²) >= 11 is 0. The van der Waals surface area contributed by atoms with Crippen LogP contribution in [0, 0.1) is 17.7 Å². The van der Waals surface area contributed by atoms with Gasteiger partial charge in [-0.1, -0.05) is 11.8 Å². The Kier molecular flexibility index (Phi) is 4.70. The number of nitrogens with one attached hydrogen (secondary N) is 1. The zero-order valence-corrected chi connectivity index (χ0v) is 10.9. The fraction of sp³-hybridized carbons (Fsp3) is 0.333. The van der Waals surface area contributed by atoms with Crippen molar-refractivity contribution in [1.82, 2.24) is 0 Å². The summed E-state index contributed by atoms with van der Waals surface area (Å²) in [5, 5.41) is 7.95. The van der Waals surface area contributed by atoms with Crippen molar-refractivity contribution in [3.05, 3.63) is 29.6 Å². The van der Waals surface area contributed by atoms with Crippen LogP contribution in [0.15, 0.2) is 18.2 Å². The molecule has 0 saturated carbocycles. The van der Waals surface area contributed by atoms with E-state index >= 15 is 0 Å². The fourth-order valence-electron chi connectivity index (χ4n) is 1.10. The van der Waals surface area contributed by atoms with E-state index in [0.29, 0.717) is 0 Å². The highest BCUT2D eigenvalue weighted by atomic mass is 32.2. The van der Waals surface area contributed by atoms with Gasteiger partial charge in [0.1, 0.15) is 12.4 Å². The predicted octanol–water partition coefficient (Wildman–Crippen LogP) is 1.32. The van der Waals surface area contributed by atoms with Crippen molar-refractivity contribution in [2.24, 2.45) is 0 Å². The van der Waals surface area contributed by atoms with Gasteiger partial charge in [-0.15, -0.1) is 0 Å². The second kappa shape index (κ2) is 5.85. The first-order chi connectivity index (χ1) is 8.36. The molecule has 1 aromatic rings. The number of halogens is 1. The molecule has 0 spiro atoms. The molecule has 1 aromatic carbocycles. The number of sulfonamides is 1. The average Bonchev–Trinajstić information content (AvgIpc) is 2.29. The van der Waals surface area contributed by atoms with Crippen molar-refractivity contribution >= 4 is 15.7 Å². The molecule has 2 N–H and O–H groups in total. The summed E-state index contributed by atoms with van der Waals surface area (Å²) in [6.45, 7) is 2.69. The van der Waals surface area contributed by atoms with Crippen LogP contribution in [0.25, 0.3) is 0 Å². The molecule has 98 valence electrons. The number of rotatable bonds is 3. The van der Waals surface area contributed by atoms with Crippen LogP contribution in [0.1, 0.15) is 19.4 Å². The zero-order valence-electron chi connectivity index (χ0n) is 10.1. The number of hydrogen-bond acceptors (Lipinski definition) is 3. The summed E-state index contributed by atoms with van der Waals surface area (Å²) in [4.78, 5) is 0. The molecule has 1 rings (SSSR count). The van der Waals surface area contributed by atoms with Crippen LogP contribution in [0.3, 0.4) is 0 Å². The number of benzene rings is 1. The summed E-state index contributed by atoms with van der Waals surface area (Å²) in [5.74, 6) is 4.15. The Balaban J connectivity index is 3.06. The van der Waals surface area contributed by atoms with Crippen LogP contribution >= 0.6 is 0 Å². The van der Waals surface area contributed by atoms with Crippen LogP contribution < -0.4 is 4.72 Å². The molecule has 0 aliphatic heterocycles. The minimum atomic E-state index is -3.47. The molecule has 0 fully saturated rings.